The van der Waals surface area contributed by atoms with Gasteiger partial charge in [0.2, 0.25) is 5.91 Å². The number of carbonyl (C=O) groups excluding carboxylic acids is 1. The third-order valence-corrected chi connectivity index (χ3v) is 4.15. The number of carbonyl (C=O) groups is 2. The molecular weight excluding hydrogens is 302 g/mol. The summed E-state index contributed by atoms with van der Waals surface area (Å²) in [7, 11) is 3.00. The smallest absolute Gasteiger partial charge is 0.310 e. The number of rotatable bonds is 5. The summed E-state index contributed by atoms with van der Waals surface area (Å²) in [6.07, 6.45) is 2.36. The van der Waals surface area contributed by atoms with Crippen LogP contribution in [0.15, 0.2) is 30.4 Å². The molecule has 1 aromatic rings. The van der Waals surface area contributed by atoms with E-state index in [2.05, 4.69) is 5.32 Å². The Hall–Kier alpha value is -2.54. The zero-order valence-corrected chi connectivity index (χ0v) is 12.7. The minimum atomic E-state index is -1.04. The summed E-state index contributed by atoms with van der Waals surface area (Å²) in [4.78, 5) is 24.0. The fourth-order valence-corrected chi connectivity index (χ4v) is 3.04. The first-order chi connectivity index (χ1) is 11.0. The Kier molecular flexibility index (Phi) is 3.96. The number of hydrogen-bond acceptors (Lipinski definition) is 5. The molecule has 2 aliphatic heterocycles. The number of methoxy groups -OCH3 is 2. The Morgan fingerprint density at radius 2 is 1.83 bits per heavy atom. The van der Waals surface area contributed by atoms with E-state index in [1.807, 2.05) is 0 Å². The standard InChI is InChI=1S/C16H17NO6/c1-21-8-3-4-10(22-2)9(7-8)17-15(18)13-11-5-6-12(23-11)14(13)16(19)20/h3-7,11-14H,1-2H3,(H,17,18)(H,19,20)/t11-,12-,13-,14-/m0/s1. The van der Waals surface area contributed by atoms with Crippen molar-refractivity contribution in [3.05, 3.63) is 30.4 Å². The Labute approximate surface area is 132 Å². The molecule has 0 spiro atoms. The van der Waals surface area contributed by atoms with Gasteiger partial charge in [-0.1, -0.05) is 12.2 Å². The lowest BCUT2D eigenvalue weighted by Crippen LogP contribution is -2.39. The molecule has 0 radical (unpaired) electrons. The minimum Gasteiger partial charge on any atom is -0.497 e. The third kappa shape index (κ3) is 2.63. The first-order valence-electron chi connectivity index (χ1n) is 7.14. The van der Waals surface area contributed by atoms with Crippen LogP contribution in [0.3, 0.4) is 0 Å². The van der Waals surface area contributed by atoms with Gasteiger partial charge in [0.15, 0.2) is 0 Å². The van der Waals surface area contributed by atoms with Crippen molar-refractivity contribution in [2.75, 3.05) is 19.5 Å². The average molecular weight is 319 g/mol. The van der Waals surface area contributed by atoms with Crippen LogP contribution in [0.5, 0.6) is 11.5 Å². The van der Waals surface area contributed by atoms with Gasteiger partial charge < -0.3 is 24.6 Å². The number of aliphatic carboxylic acids is 1. The van der Waals surface area contributed by atoms with Crippen LogP contribution in [0.25, 0.3) is 0 Å². The average Bonchev–Trinajstić information content (AvgIpc) is 3.15. The summed E-state index contributed by atoms with van der Waals surface area (Å²) < 4.78 is 15.9. The molecule has 0 unspecified atom stereocenters. The molecule has 0 aliphatic carbocycles. The van der Waals surface area contributed by atoms with Crippen LogP contribution in [0.2, 0.25) is 0 Å². The summed E-state index contributed by atoms with van der Waals surface area (Å²) in [5, 5.41) is 12.1. The van der Waals surface area contributed by atoms with Gasteiger partial charge in [0.1, 0.15) is 17.4 Å². The third-order valence-electron chi connectivity index (χ3n) is 4.15. The molecule has 23 heavy (non-hydrogen) atoms. The van der Waals surface area contributed by atoms with Gasteiger partial charge in [0, 0.05) is 6.07 Å². The van der Waals surface area contributed by atoms with E-state index >= 15 is 0 Å². The maximum atomic E-state index is 12.6. The predicted molar refractivity (Wildman–Crippen MR) is 80.6 cm³/mol. The maximum Gasteiger partial charge on any atom is 0.310 e. The maximum absolute atomic E-state index is 12.6. The minimum absolute atomic E-state index is 0.416. The van der Waals surface area contributed by atoms with Gasteiger partial charge in [0.05, 0.1) is 38.0 Å². The van der Waals surface area contributed by atoms with Crippen LogP contribution >= 0.6 is 0 Å². The number of nitrogens with one attached hydrogen (secondary N) is 1. The highest BCUT2D eigenvalue weighted by Gasteiger charge is 2.53. The van der Waals surface area contributed by atoms with Crippen LogP contribution < -0.4 is 14.8 Å². The summed E-state index contributed by atoms with van der Waals surface area (Å²) in [5.41, 5.74) is 0.424. The second-order valence-corrected chi connectivity index (χ2v) is 5.40. The number of carboxylic acids is 1. The second kappa shape index (κ2) is 5.92. The van der Waals surface area contributed by atoms with Crippen molar-refractivity contribution in [1.82, 2.24) is 0 Å². The van der Waals surface area contributed by atoms with E-state index in [0.717, 1.165) is 0 Å². The van der Waals surface area contributed by atoms with Crippen molar-refractivity contribution >= 4 is 17.6 Å². The Morgan fingerprint density at radius 1 is 1.13 bits per heavy atom. The number of fused-ring (bicyclic) bond motifs is 2. The SMILES string of the molecule is COc1ccc(OC)c(NC(=O)[C@@H]2[C@@H](C(=O)O)[C@@H]3C=C[C@@H]2O3)c1. The molecular formula is C16H17NO6. The Balaban J connectivity index is 1.84. The highest BCUT2D eigenvalue weighted by molar-refractivity contribution is 5.97. The molecule has 7 heteroatoms. The first-order valence-corrected chi connectivity index (χ1v) is 7.14. The lowest BCUT2D eigenvalue weighted by Gasteiger charge is -2.21. The van der Waals surface area contributed by atoms with E-state index in [4.69, 9.17) is 14.2 Å². The number of carboxylic acid groups (broad SMARTS) is 1. The van der Waals surface area contributed by atoms with Gasteiger partial charge in [-0.2, -0.15) is 0 Å². The van der Waals surface area contributed by atoms with Crippen molar-refractivity contribution in [3.8, 4) is 11.5 Å². The molecule has 122 valence electrons. The summed E-state index contributed by atoms with van der Waals surface area (Å²) >= 11 is 0. The molecule has 0 saturated carbocycles. The van der Waals surface area contributed by atoms with Gasteiger partial charge in [-0.15, -0.1) is 0 Å². The van der Waals surface area contributed by atoms with E-state index in [9.17, 15) is 14.7 Å². The van der Waals surface area contributed by atoms with Crippen LogP contribution in [0, 0.1) is 11.8 Å². The first kappa shape index (κ1) is 15.4. The lowest BCUT2D eigenvalue weighted by atomic mass is 9.82. The van der Waals surface area contributed by atoms with E-state index in [-0.39, 0.29) is 0 Å². The number of amides is 1. The van der Waals surface area contributed by atoms with Crippen molar-refractivity contribution in [1.29, 1.82) is 0 Å². The topological polar surface area (TPSA) is 94.1 Å². The van der Waals surface area contributed by atoms with Crippen LogP contribution in [-0.4, -0.2) is 43.4 Å². The Bertz CT molecular complexity index is 671. The second-order valence-electron chi connectivity index (χ2n) is 5.40. The largest absolute Gasteiger partial charge is 0.497 e. The number of hydrogen-bond donors (Lipinski definition) is 2. The van der Waals surface area contributed by atoms with E-state index in [1.165, 1.54) is 14.2 Å². The fourth-order valence-electron chi connectivity index (χ4n) is 3.04. The predicted octanol–water partition coefficient (Wildman–Crippen LogP) is 1.30. The quantitative estimate of drug-likeness (QED) is 0.795. The van der Waals surface area contributed by atoms with Crippen LogP contribution in [0.4, 0.5) is 5.69 Å². The van der Waals surface area contributed by atoms with Crippen molar-refractivity contribution in [3.63, 3.8) is 0 Å². The molecule has 2 heterocycles. The molecule has 2 N–H and O–H groups in total. The zero-order valence-electron chi connectivity index (χ0n) is 12.7. The molecule has 1 aromatic carbocycles. The molecule has 7 nitrogen and oxygen atoms in total. The highest BCUT2D eigenvalue weighted by Crippen LogP contribution is 2.40. The van der Waals surface area contributed by atoms with E-state index < -0.39 is 35.9 Å². The van der Waals surface area contributed by atoms with Gasteiger partial charge in [-0.25, -0.2) is 0 Å². The van der Waals surface area contributed by atoms with Gasteiger partial charge in [-0.3, -0.25) is 9.59 Å². The van der Waals surface area contributed by atoms with Crippen molar-refractivity contribution in [2.45, 2.75) is 12.2 Å². The molecule has 2 bridgehead atoms. The van der Waals surface area contributed by atoms with Crippen molar-refractivity contribution < 1.29 is 28.9 Å². The highest BCUT2D eigenvalue weighted by atomic mass is 16.5. The number of benzene rings is 1. The van der Waals surface area contributed by atoms with E-state index in [1.54, 1.807) is 30.4 Å². The Morgan fingerprint density at radius 3 is 2.43 bits per heavy atom. The van der Waals surface area contributed by atoms with Crippen molar-refractivity contribution in [2.24, 2.45) is 11.8 Å². The molecule has 3 rings (SSSR count). The van der Waals surface area contributed by atoms with Crippen LogP contribution in [0.1, 0.15) is 0 Å². The molecule has 4 atom stereocenters. The summed E-state index contributed by atoms with van der Waals surface area (Å²) in [6, 6.07) is 4.99. The molecule has 1 amide bonds. The summed E-state index contributed by atoms with van der Waals surface area (Å²) in [5.74, 6) is -2.11. The summed E-state index contributed by atoms with van der Waals surface area (Å²) in [6.45, 7) is 0. The lowest BCUT2D eigenvalue weighted by molar-refractivity contribution is -0.145. The normalized spacial score (nSPS) is 27.7. The number of anilines is 1. The van der Waals surface area contributed by atoms with Gasteiger partial charge >= 0.3 is 5.97 Å². The van der Waals surface area contributed by atoms with Crippen LogP contribution in [-0.2, 0) is 14.3 Å². The van der Waals surface area contributed by atoms with E-state index in [0.29, 0.717) is 17.2 Å². The van der Waals surface area contributed by atoms with Gasteiger partial charge in [-0.05, 0) is 12.1 Å². The molecule has 2 aliphatic rings. The monoisotopic (exact) mass is 319 g/mol. The fraction of sp³-hybridized carbons (Fsp3) is 0.375. The zero-order chi connectivity index (χ0) is 16.6. The number of ether oxygens (including phenoxy) is 3. The molecule has 1 saturated heterocycles. The molecule has 0 aromatic heterocycles. The molecule has 1 fully saturated rings. The van der Waals surface area contributed by atoms with Gasteiger partial charge in [0.25, 0.3) is 0 Å².